The molecule has 3 heterocycles. The van der Waals surface area contributed by atoms with Crippen molar-refractivity contribution in [2.45, 2.75) is 25.8 Å². The van der Waals surface area contributed by atoms with Gasteiger partial charge in [-0.05, 0) is 37.5 Å². The highest BCUT2D eigenvalue weighted by Gasteiger charge is 2.17. The van der Waals surface area contributed by atoms with E-state index in [0.29, 0.717) is 28.0 Å². The third-order valence-corrected chi connectivity index (χ3v) is 6.20. The molecule has 10 nitrogen and oxygen atoms in total. The van der Waals surface area contributed by atoms with Crippen molar-refractivity contribution < 1.29 is 19.0 Å². The molecule has 2 aromatic carbocycles. The summed E-state index contributed by atoms with van der Waals surface area (Å²) in [7, 11) is 1.45. The lowest BCUT2D eigenvalue weighted by Gasteiger charge is -2.26. The van der Waals surface area contributed by atoms with Crippen molar-refractivity contribution in [2.75, 3.05) is 25.5 Å². The van der Waals surface area contributed by atoms with E-state index in [0.717, 1.165) is 25.9 Å². The van der Waals surface area contributed by atoms with Gasteiger partial charge in [0.25, 0.3) is 0 Å². The Labute approximate surface area is 223 Å². The van der Waals surface area contributed by atoms with E-state index in [9.17, 15) is 14.3 Å². The van der Waals surface area contributed by atoms with Crippen LogP contribution in [0.25, 0.3) is 10.9 Å². The van der Waals surface area contributed by atoms with Crippen molar-refractivity contribution in [1.29, 1.82) is 5.26 Å². The van der Waals surface area contributed by atoms with Crippen LogP contribution in [0.2, 0.25) is 5.02 Å². The Hall–Kier alpha value is -4.43. The molecule has 0 saturated carbocycles. The zero-order valence-electron chi connectivity index (χ0n) is 20.6. The fraction of sp³-hybridized carbons (Fsp3) is 0.269. The standard InChI is InChI=1S/C15H11ClFN3O2.C11H14N4O/c1-22-13-6-11-8(5-12(13)21)15(19-7-18-11)20-10-4-2-3-9(16)14(10)17;12-6-10-7-13-15(8-10)9-11(16)14-4-2-1-3-5-14/h2-7,21H,1H3,(H,18,19,20);7-8H,1-5,9H2. The first-order valence-electron chi connectivity index (χ1n) is 11.8. The first-order valence-corrected chi connectivity index (χ1v) is 12.2. The van der Waals surface area contributed by atoms with Gasteiger partial charge in [-0.3, -0.25) is 9.48 Å². The number of amides is 1. The quantitative estimate of drug-likeness (QED) is 0.376. The second kappa shape index (κ2) is 12.2. The van der Waals surface area contributed by atoms with Crippen molar-refractivity contribution in [3.63, 3.8) is 0 Å². The molecule has 1 fully saturated rings. The molecule has 0 atom stereocenters. The number of carbonyl (C=O) groups excluding carboxylic acids is 1. The average molecular weight is 538 g/mol. The molecule has 0 spiro atoms. The largest absolute Gasteiger partial charge is 0.504 e. The van der Waals surface area contributed by atoms with E-state index >= 15 is 0 Å². The minimum Gasteiger partial charge on any atom is -0.504 e. The lowest BCUT2D eigenvalue weighted by Crippen LogP contribution is -2.37. The van der Waals surface area contributed by atoms with E-state index in [2.05, 4.69) is 20.4 Å². The zero-order valence-corrected chi connectivity index (χ0v) is 21.3. The number of rotatable bonds is 5. The van der Waals surface area contributed by atoms with Gasteiger partial charge in [0.05, 0.1) is 35.1 Å². The molecule has 38 heavy (non-hydrogen) atoms. The monoisotopic (exact) mass is 537 g/mol. The number of likely N-dealkylation sites (tertiary alicyclic amines) is 1. The summed E-state index contributed by atoms with van der Waals surface area (Å²) in [6.45, 7) is 1.94. The molecule has 0 radical (unpaired) electrons. The Kier molecular flexibility index (Phi) is 8.55. The van der Waals surface area contributed by atoms with Gasteiger partial charge in [0.15, 0.2) is 17.3 Å². The van der Waals surface area contributed by atoms with E-state index in [1.54, 1.807) is 24.4 Å². The number of hydrogen-bond acceptors (Lipinski definition) is 8. The molecule has 2 aromatic heterocycles. The second-order valence-electron chi connectivity index (χ2n) is 8.47. The summed E-state index contributed by atoms with van der Waals surface area (Å²) in [5.41, 5.74) is 1.23. The maximum atomic E-state index is 14.0. The Morgan fingerprint density at radius 1 is 1.26 bits per heavy atom. The Balaban J connectivity index is 0.000000186. The third kappa shape index (κ3) is 6.27. The molecular weight excluding hydrogens is 513 g/mol. The van der Waals surface area contributed by atoms with Gasteiger partial charge < -0.3 is 20.1 Å². The molecule has 0 bridgehead atoms. The molecular formula is C26H25ClFN7O3. The maximum Gasteiger partial charge on any atom is 0.244 e. The number of aromatic hydroxyl groups is 1. The summed E-state index contributed by atoms with van der Waals surface area (Å²) < 4.78 is 20.5. The highest BCUT2D eigenvalue weighted by Crippen LogP contribution is 2.34. The topological polar surface area (TPSA) is 129 Å². The summed E-state index contributed by atoms with van der Waals surface area (Å²) in [4.78, 5) is 21.9. The summed E-state index contributed by atoms with van der Waals surface area (Å²) in [5.74, 6) is 0.107. The number of nitrogens with one attached hydrogen (secondary N) is 1. The number of nitriles is 1. The number of ether oxygens (including phenoxy) is 1. The van der Waals surface area contributed by atoms with Crippen molar-refractivity contribution in [2.24, 2.45) is 0 Å². The van der Waals surface area contributed by atoms with Gasteiger partial charge in [-0.15, -0.1) is 0 Å². The fourth-order valence-corrected chi connectivity index (χ4v) is 4.13. The van der Waals surface area contributed by atoms with Crippen LogP contribution in [0.5, 0.6) is 11.5 Å². The molecule has 4 aromatic rings. The molecule has 5 rings (SSSR count). The number of phenols is 1. The number of benzene rings is 2. The maximum absolute atomic E-state index is 14.0. The van der Waals surface area contributed by atoms with Crippen LogP contribution in [0.15, 0.2) is 49.1 Å². The molecule has 2 N–H and O–H groups in total. The highest BCUT2D eigenvalue weighted by atomic mass is 35.5. The number of methoxy groups -OCH3 is 1. The number of phenolic OH excluding ortho intramolecular Hbond substituents is 1. The van der Waals surface area contributed by atoms with Crippen molar-refractivity contribution in [3.05, 3.63) is 65.5 Å². The molecule has 196 valence electrons. The number of nitrogens with zero attached hydrogens (tertiary/aromatic N) is 6. The van der Waals surface area contributed by atoms with Crippen LogP contribution in [0.3, 0.4) is 0 Å². The van der Waals surface area contributed by atoms with Gasteiger partial charge in [-0.25, -0.2) is 14.4 Å². The van der Waals surface area contributed by atoms with Gasteiger partial charge in [-0.1, -0.05) is 17.7 Å². The normalized spacial score (nSPS) is 12.8. The van der Waals surface area contributed by atoms with Gasteiger partial charge in [0.2, 0.25) is 5.91 Å². The van der Waals surface area contributed by atoms with Crippen LogP contribution in [0, 0.1) is 17.1 Å². The lowest BCUT2D eigenvalue weighted by atomic mass is 10.1. The number of halogens is 2. The molecule has 1 saturated heterocycles. The Morgan fingerprint density at radius 3 is 2.76 bits per heavy atom. The predicted molar refractivity (Wildman–Crippen MR) is 140 cm³/mol. The van der Waals surface area contributed by atoms with Crippen molar-refractivity contribution in [1.82, 2.24) is 24.6 Å². The minimum atomic E-state index is -0.575. The van der Waals surface area contributed by atoms with Crippen molar-refractivity contribution in [3.8, 4) is 17.6 Å². The molecule has 1 amide bonds. The Morgan fingerprint density at radius 2 is 2.05 bits per heavy atom. The van der Waals surface area contributed by atoms with E-state index < -0.39 is 5.82 Å². The lowest BCUT2D eigenvalue weighted by molar-refractivity contribution is -0.132. The van der Waals surface area contributed by atoms with Gasteiger partial charge >= 0.3 is 0 Å². The summed E-state index contributed by atoms with van der Waals surface area (Å²) in [6, 6.07) is 9.64. The van der Waals surface area contributed by atoms with Gasteiger partial charge in [0.1, 0.15) is 24.8 Å². The van der Waals surface area contributed by atoms with Crippen LogP contribution in [0.4, 0.5) is 15.9 Å². The number of hydrogen-bond donors (Lipinski definition) is 2. The zero-order chi connectivity index (χ0) is 27.1. The van der Waals surface area contributed by atoms with Crippen LogP contribution >= 0.6 is 11.6 Å². The van der Waals surface area contributed by atoms with E-state index in [4.69, 9.17) is 21.6 Å². The number of anilines is 2. The molecule has 0 unspecified atom stereocenters. The first-order chi connectivity index (χ1) is 18.4. The first kappa shape index (κ1) is 26.6. The van der Waals surface area contributed by atoms with Crippen LogP contribution in [-0.2, 0) is 11.3 Å². The molecule has 1 aliphatic rings. The number of fused-ring (bicyclic) bond motifs is 1. The van der Waals surface area contributed by atoms with Crippen LogP contribution in [0.1, 0.15) is 24.8 Å². The Bertz CT molecular complexity index is 1480. The van der Waals surface area contributed by atoms with Gasteiger partial charge in [0, 0.05) is 30.7 Å². The predicted octanol–water partition coefficient (Wildman–Crippen LogP) is 4.65. The molecule has 0 aliphatic carbocycles. The van der Waals surface area contributed by atoms with Crippen LogP contribution < -0.4 is 10.1 Å². The SMILES string of the molecule is COc1cc2ncnc(Nc3cccc(Cl)c3F)c2cc1O.N#Cc1cnn(CC(=O)N2CCCCC2)c1. The van der Waals surface area contributed by atoms with E-state index in [1.165, 1.54) is 42.9 Å². The van der Waals surface area contributed by atoms with Crippen LogP contribution in [-0.4, -0.2) is 55.9 Å². The average Bonchev–Trinajstić information content (AvgIpc) is 3.39. The second-order valence-corrected chi connectivity index (χ2v) is 8.88. The number of carbonyl (C=O) groups is 1. The van der Waals surface area contributed by atoms with Crippen molar-refractivity contribution >= 4 is 39.9 Å². The molecule has 12 heteroatoms. The van der Waals surface area contributed by atoms with E-state index in [-0.39, 0.29) is 28.9 Å². The number of aromatic nitrogens is 4. The smallest absolute Gasteiger partial charge is 0.244 e. The fourth-order valence-electron chi connectivity index (χ4n) is 3.95. The summed E-state index contributed by atoms with van der Waals surface area (Å²) in [6.07, 6.45) is 7.81. The molecule has 1 aliphatic heterocycles. The third-order valence-electron chi connectivity index (χ3n) is 5.91. The highest BCUT2D eigenvalue weighted by molar-refractivity contribution is 6.31. The summed E-state index contributed by atoms with van der Waals surface area (Å²) in [5, 5.41) is 25.9. The number of piperidine rings is 1. The van der Waals surface area contributed by atoms with Gasteiger partial charge in [-0.2, -0.15) is 10.4 Å². The minimum absolute atomic E-state index is 0.00729. The summed E-state index contributed by atoms with van der Waals surface area (Å²) >= 11 is 5.76. The van der Waals surface area contributed by atoms with E-state index in [1.807, 2.05) is 11.0 Å².